The number of carbonyl (C=O) groups excluding carboxylic acids is 1. The van der Waals surface area contributed by atoms with Gasteiger partial charge in [-0.3, -0.25) is 0 Å². The van der Waals surface area contributed by atoms with E-state index in [0.29, 0.717) is 5.56 Å². The molecule has 0 fully saturated rings. The number of carbonyl (C=O) groups is 1. The molecule has 0 atom stereocenters. The molecular weight excluding hydrogens is 211 g/mol. The molecule has 1 heterocycles. The van der Waals surface area contributed by atoms with Crippen LogP contribution in [0.3, 0.4) is 0 Å². The van der Waals surface area contributed by atoms with Gasteiger partial charge in [-0.1, -0.05) is 6.07 Å². The normalized spacial score (nSPS) is 11.3. The minimum atomic E-state index is -4.56. The first-order chi connectivity index (χ1) is 6.86. The summed E-state index contributed by atoms with van der Waals surface area (Å²) >= 11 is 0. The Kier molecular flexibility index (Phi) is 2.97. The number of methoxy groups -OCH3 is 1. The Morgan fingerprint density at radius 3 is 2.47 bits per heavy atom. The molecule has 15 heavy (non-hydrogen) atoms. The predicted molar refractivity (Wildman–Crippen MR) is 45.3 cm³/mol. The Balaban J connectivity index is 3.23. The molecule has 0 aliphatic rings. The van der Waals surface area contributed by atoms with E-state index in [1.807, 2.05) is 0 Å². The number of aryl methyl sites for hydroxylation is 1. The number of esters is 1. The monoisotopic (exact) mass is 219 g/mol. The standard InChI is InChI=1S/C9H8F3NO2/c1-5-3-4-6(9(10,11)12)13-7(5)8(14)15-2/h3-4H,1-2H3. The summed E-state index contributed by atoms with van der Waals surface area (Å²) in [4.78, 5) is 14.3. The van der Waals surface area contributed by atoms with E-state index in [1.54, 1.807) is 0 Å². The van der Waals surface area contributed by atoms with E-state index < -0.39 is 17.8 Å². The lowest BCUT2D eigenvalue weighted by atomic mass is 10.2. The molecule has 0 unspecified atom stereocenters. The van der Waals surface area contributed by atoms with Gasteiger partial charge in [-0.25, -0.2) is 9.78 Å². The zero-order valence-electron chi connectivity index (χ0n) is 8.05. The third-order valence-corrected chi connectivity index (χ3v) is 1.77. The molecule has 0 aliphatic carbocycles. The van der Waals surface area contributed by atoms with Gasteiger partial charge in [-0.15, -0.1) is 0 Å². The van der Waals surface area contributed by atoms with E-state index in [0.717, 1.165) is 13.2 Å². The van der Waals surface area contributed by atoms with Gasteiger partial charge in [0, 0.05) is 0 Å². The zero-order valence-corrected chi connectivity index (χ0v) is 8.05. The summed E-state index contributed by atoms with van der Waals surface area (Å²) in [6, 6.07) is 2.00. The molecule has 0 spiro atoms. The summed E-state index contributed by atoms with van der Waals surface area (Å²) in [5.74, 6) is -0.876. The molecule has 6 heteroatoms. The van der Waals surface area contributed by atoms with Crippen LogP contribution in [0.1, 0.15) is 21.7 Å². The fourth-order valence-electron chi connectivity index (χ4n) is 0.990. The number of nitrogens with zero attached hydrogens (tertiary/aromatic N) is 1. The molecule has 0 saturated carbocycles. The molecule has 0 N–H and O–H groups in total. The van der Waals surface area contributed by atoms with E-state index in [1.165, 1.54) is 13.0 Å². The Hall–Kier alpha value is -1.59. The maximum Gasteiger partial charge on any atom is 0.433 e. The van der Waals surface area contributed by atoms with Gasteiger partial charge < -0.3 is 4.74 Å². The SMILES string of the molecule is COC(=O)c1nc(C(F)(F)F)ccc1C. The number of ether oxygens (including phenoxy) is 1. The first kappa shape index (κ1) is 11.5. The van der Waals surface area contributed by atoms with Gasteiger partial charge in [0.2, 0.25) is 0 Å². The highest BCUT2D eigenvalue weighted by Gasteiger charge is 2.33. The van der Waals surface area contributed by atoms with Crippen molar-refractivity contribution in [2.24, 2.45) is 0 Å². The summed E-state index contributed by atoms with van der Waals surface area (Å²) < 4.78 is 41.1. The van der Waals surface area contributed by atoms with Crippen molar-refractivity contribution < 1.29 is 22.7 Å². The summed E-state index contributed by atoms with van der Waals surface area (Å²) in [5.41, 5.74) is -1.07. The van der Waals surface area contributed by atoms with Crippen molar-refractivity contribution in [3.05, 3.63) is 29.1 Å². The quantitative estimate of drug-likeness (QED) is 0.679. The number of rotatable bonds is 1. The van der Waals surface area contributed by atoms with Crippen molar-refractivity contribution in [3.8, 4) is 0 Å². The van der Waals surface area contributed by atoms with Crippen LogP contribution in [0, 0.1) is 6.92 Å². The van der Waals surface area contributed by atoms with Crippen LogP contribution in [0.25, 0.3) is 0 Å². The topological polar surface area (TPSA) is 39.2 Å². The van der Waals surface area contributed by atoms with Gasteiger partial charge >= 0.3 is 12.1 Å². The molecular formula is C9H8F3NO2. The molecule has 1 rings (SSSR count). The molecule has 0 bridgehead atoms. The van der Waals surface area contributed by atoms with Crippen LogP contribution >= 0.6 is 0 Å². The Bertz CT molecular complexity index is 387. The second-order valence-electron chi connectivity index (χ2n) is 2.85. The number of alkyl halides is 3. The molecule has 0 aromatic carbocycles. The third-order valence-electron chi connectivity index (χ3n) is 1.77. The van der Waals surface area contributed by atoms with Gasteiger partial charge in [0.25, 0.3) is 0 Å². The summed E-state index contributed by atoms with van der Waals surface area (Å²) in [6.07, 6.45) is -4.56. The summed E-state index contributed by atoms with van der Waals surface area (Å²) in [5, 5.41) is 0. The van der Waals surface area contributed by atoms with Gasteiger partial charge in [-0.2, -0.15) is 13.2 Å². The maximum atomic E-state index is 12.3. The second-order valence-corrected chi connectivity index (χ2v) is 2.85. The van der Waals surface area contributed by atoms with Crippen LogP contribution in [0.5, 0.6) is 0 Å². The van der Waals surface area contributed by atoms with Crippen LogP contribution in [0.15, 0.2) is 12.1 Å². The summed E-state index contributed by atoms with van der Waals surface area (Å²) in [6.45, 7) is 1.49. The van der Waals surface area contributed by atoms with E-state index in [-0.39, 0.29) is 5.69 Å². The van der Waals surface area contributed by atoms with E-state index in [2.05, 4.69) is 9.72 Å². The van der Waals surface area contributed by atoms with Crippen molar-refractivity contribution in [3.63, 3.8) is 0 Å². The molecule has 1 aromatic rings. The minimum Gasteiger partial charge on any atom is -0.464 e. The van der Waals surface area contributed by atoms with Crippen LogP contribution < -0.4 is 0 Å². The van der Waals surface area contributed by atoms with Crippen molar-refractivity contribution in [2.45, 2.75) is 13.1 Å². The number of hydrogen-bond donors (Lipinski definition) is 0. The highest BCUT2D eigenvalue weighted by Crippen LogP contribution is 2.28. The van der Waals surface area contributed by atoms with Crippen molar-refractivity contribution in [1.29, 1.82) is 0 Å². The number of pyridine rings is 1. The van der Waals surface area contributed by atoms with Gasteiger partial charge in [0.1, 0.15) is 5.69 Å². The third kappa shape index (κ3) is 2.45. The van der Waals surface area contributed by atoms with Crippen molar-refractivity contribution in [2.75, 3.05) is 7.11 Å². The minimum absolute atomic E-state index is 0.313. The average Bonchev–Trinajstić information content (AvgIpc) is 2.15. The highest BCUT2D eigenvalue weighted by atomic mass is 19.4. The fraction of sp³-hybridized carbons (Fsp3) is 0.333. The number of aromatic nitrogens is 1. The number of halogens is 3. The first-order valence-electron chi connectivity index (χ1n) is 3.99. The molecule has 0 saturated heterocycles. The second kappa shape index (κ2) is 3.88. The maximum absolute atomic E-state index is 12.3. The van der Waals surface area contributed by atoms with Crippen molar-refractivity contribution in [1.82, 2.24) is 4.98 Å². The lowest BCUT2D eigenvalue weighted by Crippen LogP contribution is -2.14. The van der Waals surface area contributed by atoms with E-state index >= 15 is 0 Å². The zero-order chi connectivity index (χ0) is 11.6. The fourth-order valence-corrected chi connectivity index (χ4v) is 0.990. The first-order valence-corrected chi connectivity index (χ1v) is 3.99. The molecule has 0 radical (unpaired) electrons. The van der Waals surface area contributed by atoms with Gasteiger partial charge in [-0.05, 0) is 18.6 Å². The lowest BCUT2D eigenvalue weighted by Gasteiger charge is -2.08. The van der Waals surface area contributed by atoms with Crippen LogP contribution in [-0.4, -0.2) is 18.1 Å². The van der Waals surface area contributed by atoms with E-state index in [4.69, 9.17) is 0 Å². The summed E-state index contributed by atoms with van der Waals surface area (Å²) in [7, 11) is 1.09. The van der Waals surface area contributed by atoms with Crippen molar-refractivity contribution >= 4 is 5.97 Å². The lowest BCUT2D eigenvalue weighted by molar-refractivity contribution is -0.141. The smallest absolute Gasteiger partial charge is 0.433 e. The Labute approximate surface area is 83.9 Å². The number of hydrogen-bond acceptors (Lipinski definition) is 3. The molecule has 0 aliphatic heterocycles. The van der Waals surface area contributed by atoms with E-state index in [9.17, 15) is 18.0 Å². The van der Waals surface area contributed by atoms with Gasteiger partial charge in [0.05, 0.1) is 7.11 Å². The van der Waals surface area contributed by atoms with Crippen LogP contribution in [0.2, 0.25) is 0 Å². The Morgan fingerprint density at radius 2 is 2.00 bits per heavy atom. The van der Waals surface area contributed by atoms with Crippen LogP contribution in [0.4, 0.5) is 13.2 Å². The molecule has 3 nitrogen and oxygen atoms in total. The molecule has 1 aromatic heterocycles. The van der Waals surface area contributed by atoms with Gasteiger partial charge in [0.15, 0.2) is 5.69 Å². The molecule has 82 valence electrons. The predicted octanol–water partition coefficient (Wildman–Crippen LogP) is 2.20. The van der Waals surface area contributed by atoms with Crippen LogP contribution in [-0.2, 0) is 10.9 Å². The average molecular weight is 219 g/mol. The molecule has 0 amide bonds. The largest absolute Gasteiger partial charge is 0.464 e. The highest BCUT2D eigenvalue weighted by molar-refractivity contribution is 5.88. The Morgan fingerprint density at radius 1 is 1.40 bits per heavy atom.